The van der Waals surface area contributed by atoms with Crippen LogP contribution in [0.15, 0.2) is 48.6 Å². The van der Waals surface area contributed by atoms with Crippen LogP contribution in [0.5, 0.6) is 5.75 Å². The van der Waals surface area contributed by atoms with Gasteiger partial charge in [0.25, 0.3) is 0 Å². The van der Waals surface area contributed by atoms with Crippen LogP contribution in [0.2, 0.25) is 0 Å². The first kappa shape index (κ1) is 15.0. The maximum Gasteiger partial charge on any atom is 0.246 e. The third-order valence-electron chi connectivity index (χ3n) is 2.60. The van der Waals surface area contributed by atoms with Crippen molar-refractivity contribution in [2.75, 3.05) is 20.2 Å². The zero-order chi connectivity index (χ0) is 14.1. The largest absolute Gasteiger partial charge is 0.492 e. The van der Waals surface area contributed by atoms with E-state index < -0.39 is 0 Å². The predicted molar refractivity (Wildman–Crippen MR) is 78.3 cm³/mol. The Labute approximate surface area is 115 Å². The standard InChI is InChI=1S/C16H21NO2/c1-4-5-6-10-16(18)17(3)11-12-19-15-9-7-8-14(2)13-15/h4-10,13H,11-12H2,1-3H3/b5-4+,10-6+. The molecule has 0 aromatic heterocycles. The highest BCUT2D eigenvalue weighted by Crippen LogP contribution is 2.11. The molecule has 3 heteroatoms. The minimum atomic E-state index is -0.0223. The number of carbonyl (C=O) groups excluding carboxylic acids is 1. The molecule has 0 aliphatic carbocycles. The van der Waals surface area contributed by atoms with Crippen molar-refractivity contribution in [2.24, 2.45) is 0 Å². The molecule has 0 saturated heterocycles. The van der Waals surface area contributed by atoms with Gasteiger partial charge in [-0.1, -0.05) is 30.4 Å². The van der Waals surface area contributed by atoms with Crippen molar-refractivity contribution in [2.45, 2.75) is 13.8 Å². The Kier molecular flexibility index (Phi) is 6.44. The number of likely N-dealkylation sites (N-methyl/N-ethyl adjacent to an activating group) is 1. The average Bonchev–Trinajstić information content (AvgIpc) is 2.39. The summed E-state index contributed by atoms with van der Waals surface area (Å²) >= 11 is 0. The number of hydrogen-bond donors (Lipinski definition) is 0. The molecule has 1 aromatic rings. The summed E-state index contributed by atoms with van der Waals surface area (Å²) in [5.41, 5.74) is 1.16. The molecular weight excluding hydrogens is 238 g/mol. The summed E-state index contributed by atoms with van der Waals surface area (Å²) in [7, 11) is 1.77. The van der Waals surface area contributed by atoms with Crippen molar-refractivity contribution in [1.29, 1.82) is 0 Å². The fourth-order valence-corrected chi connectivity index (χ4v) is 1.49. The molecule has 3 nitrogen and oxygen atoms in total. The van der Waals surface area contributed by atoms with Gasteiger partial charge in [0, 0.05) is 13.1 Å². The van der Waals surface area contributed by atoms with Crippen LogP contribution in [-0.2, 0) is 4.79 Å². The molecule has 0 unspecified atom stereocenters. The van der Waals surface area contributed by atoms with Crippen molar-refractivity contribution in [1.82, 2.24) is 4.90 Å². The van der Waals surface area contributed by atoms with Crippen LogP contribution >= 0.6 is 0 Å². The smallest absolute Gasteiger partial charge is 0.246 e. The van der Waals surface area contributed by atoms with E-state index in [0.29, 0.717) is 13.2 Å². The molecule has 102 valence electrons. The Hall–Kier alpha value is -2.03. The van der Waals surface area contributed by atoms with Crippen LogP contribution in [-0.4, -0.2) is 31.0 Å². The molecular formula is C16H21NO2. The maximum absolute atomic E-state index is 11.7. The van der Waals surface area contributed by atoms with Crippen LogP contribution < -0.4 is 4.74 Å². The Morgan fingerprint density at radius 2 is 2.16 bits per heavy atom. The van der Waals surface area contributed by atoms with Crippen molar-refractivity contribution in [3.8, 4) is 5.75 Å². The number of allylic oxidation sites excluding steroid dienone is 3. The van der Waals surface area contributed by atoms with Gasteiger partial charge in [-0.3, -0.25) is 4.79 Å². The molecule has 0 radical (unpaired) electrons. The quantitative estimate of drug-likeness (QED) is 0.580. The summed E-state index contributed by atoms with van der Waals surface area (Å²) in [6.45, 7) is 4.98. The molecule has 0 atom stereocenters. The molecule has 0 bridgehead atoms. The van der Waals surface area contributed by atoms with E-state index in [9.17, 15) is 4.79 Å². The number of nitrogens with zero attached hydrogens (tertiary/aromatic N) is 1. The van der Waals surface area contributed by atoms with Crippen LogP contribution in [0, 0.1) is 6.92 Å². The number of hydrogen-bond acceptors (Lipinski definition) is 2. The van der Waals surface area contributed by atoms with Gasteiger partial charge in [-0.25, -0.2) is 0 Å². The van der Waals surface area contributed by atoms with Gasteiger partial charge in [0.1, 0.15) is 12.4 Å². The summed E-state index contributed by atoms with van der Waals surface area (Å²) in [4.78, 5) is 13.3. The van der Waals surface area contributed by atoms with Gasteiger partial charge >= 0.3 is 0 Å². The Morgan fingerprint density at radius 1 is 1.37 bits per heavy atom. The summed E-state index contributed by atoms with van der Waals surface area (Å²) in [6.07, 6.45) is 6.99. The molecule has 1 aromatic carbocycles. The van der Waals surface area contributed by atoms with Crippen molar-refractivity contribution in [3.05, 3.63) is 54.1 Å². The summed E-state index contributed by atoms with van der Waals surface area (Å²) in [5, 5.41) is 0. The van der Waals surface area contributed by atoms with E-state index in [2.05, 4.69) is 0 Å². The van der Waals surface area contributed by atoms with Crippen molar-refractivity contribution < 1.29 is 9.53 Å². The molecule has 0 spiro atoms. The number of benzene rings is 1. The number of carbonyl (C=O) groups is 1. The van der Waals surface area contributed by atoms with E-state index in [4.69, 9.17) is 4.74 Å². The molecule has 0 N–H and O–H groups in total. The summed E-state index contributed by atoms with van der Waals surface area (Å²) in [6, 6.07) is 7.88. The Morgan fingerprint density at radius 3 is 2.84 bits per heavy atom. The first-order valence-corrected chi connectivity index (χ1v) is 6.37. The molecule has 19 heavy (non-hydrogen) atoms. The average molecular weight is 259 g/mol. The van der Waals surface area contributed by atoms with E-state index in [-0.39, 0.29) is 5.91 Å². The van der Waals surface area contributed by atoms with Gasteiger partial charge in [0.2, 0.25) is 5.91 Å². The van der Waals surface area contributed by atoms with Gasteiger partial charge in [0.05, 0.1) is 6.54 Å². The number of ether oxygens (including phenoxy) is 1. The van der Waals surface area contributed by atoms with Crippen molar-refractivity contribution >= 4 is 5.91 Å². The molecule has 0 aliphatic heterocycles. The van der Waals surface area contributed by atoms with Gasteiger partial charge in [-0.2, -0.15) is 0 Å². The van der Waals surface area contributed by atoms with Crippen LogP contribution in [0.25, 0.3) is 0 Å². The molecule has 0 aliphatic rings. The highest BCUT2D eigenvalue weighted by atomic mass is 16.5. The second-order valence-electron chi connectivity index (χ2n) is 4.31. The lowest BCUT2D eigenvalue weighted by molar-refractivity contribution is -0.125. The first-order chi connectivity index (χ1) is 9.13. The third kappa shape index (κ3) is 5.91. The van der Waals surface area contributed by atoms with E-state index in [1.807, 2.05) is 50.3 Å². The van der Waals surface area contributed by atoms with Gasteiger partial charge in [-0.15, -0.1) is 0 Å². The normalized spacial score (nSPS) is 11.1. The van der Waals surface area contributed by atoms with E-state index in [1.54, 1.807) is 24.1 Å². The lowest BCUT2D eigenvalue weighted by atomic mass is 10.2. The highest BCUT2D eigenvalue weighted by Gasteiger charge is 2.04. The van der Waals surface area contributed by atoms with E-state index in [0.717, 1.165) is 11.3 Å². The van der Waals surface area contributed by atoms with E-state index >= 15 is 0 Å². The summed E-state index contributed by atoms with van der Waals surface area (Å²) < 4.78 is 5.60. The number of aryl methyl sites for hydroxylation is 1. The highest BCUT2D eigenvalue weighted by molar-refractivity contribution is 5.87. The van der Waals surface area contributed by atoms with Crippen LogP contribution in [0.4, 0.5) is 0 Å². The molecule has 0 heterocycles. The molecule has 0 saturated carbocycles. The van der Waals surface area contributed by atoms with Crippen LogP contribution in [0.1, 0.15) is 12.5 Å². The lowest BCUT2D eigenvalue weighted by Gasteiger charge is -2.15. The van der Waals surface area contributed by atoms with Gasteiger partial charge in [-0.05, 0) is 31.5 Å². The fraction of sp³-hybridized carbons (Fsp3) is 0.312. The second-order valence-corrected chi connectivity index (χ2v) is 4.31. The first-order valence-electron chi connectivity index (χ1n) is 6.37. The predicted octanol–water partition coefficient (Wildman–Crippen LogP) is 2.96. The van der Waals surface area contributed by atoms with Crippen molar-refractivity contribution in [3.63, 3.8) is 0 Å². The second kappa shape index (κ2) is 8.14. The SMILES string of the molecule is C/C=C/C=C/C(=O)N(C)CCOc1cccc(C)c1. The minimum Gasteiger partial charge on any atom is -0.492 e. The lowest BCUT2D eigenvalue weighted by Crippen LogP contribution is -2.29. The maximum atomic E-state index is 11.7. The monoisotopic (exact) mass is 259 g/mol. The van der Waals surface area contributed by atoms with E-state index in [1.165, 1.54) is 0 Å². The topological polar surface area (TPSA) is 29.5 Å². The number of amides is 1. The third-order valence-corrected chi connectivity index (χ3v) is 2.60. The molecule has 0 fully saturated rings. The van der Waals surface area contributed by atoms with Gasteiger partial charge < -0.3 is 9.64 Å². The zero-order valence-electron chi connectivity index (χ0n) is 11.8. The minimum absolute atomic E-state index is 0.0223. The molecule has 1 rings (SSSR count). The zero-order valence-corrected chi connectivity index (χ0v) is 11.8. The number of rotatable bonds is 6. The summed E-state index contributed by atoms with van der Waals surface area (Å²) in [5.74, 6) is 0.816. The van der Waals surface area contributed by atoms with Crippen LogP contribution in [0.3, 0.4) is 0 Å². The fourth-order valence-electron chi connectivity index (χ4n) is 1.49. The Bertz CT molecular complexity index is 464. The van der Waals surface area contributed by atoms with Gasteiger partial charge in [0.15, 0.2) is 0 Å². The molecule has 1 amide bonds. The Balaban J connectivity index is 2.34.